The van der Waals surface area contributed by atoms with Crippen molar-refractivity contribution in [3.8, 4) is 0 Å². The van der Waals surface area contributed by atoms with Crippen LogP contribution in [0, 0.1) is 0 Å². The zero-order chi connectivity index (χ0) is 18.6. The lowest BCUT2D eigenvalue weighted by Gasteiger charge is -2.32. The minimum absolute atomic E-state index is 0.315. The van der Waals surface area contributed by atoms with Gasteiger partial charge in [-0.15, -0.1) is 10.2 Å². The Bertz CT molecular complexity index is 748. The first-order chi connectivity index (χ1) is 13.2. The molecule has 2 aromatic rings. The van der Waals surface area contributed by atoms with Gasteiger partial charge in [0.1, 0.15) is 12.4 Å². The molecule has 8 nitrogen and oxygen atoms in total. The number of aromatic nitrogens is 5. The Balaban J connectivity index is 1.34. The topological polar surface area (TPSA) is 72.1 Å². The van der Waals surface area contributed by atoms with Gasteiger partial charge in [-0.3, -0.25) is 9.48 Å². The molecule has 0 saturated carbocycles. The predicted molar refractivity (Wildman–Crippen MR) is 101 cm³/mol. The number of hydrogen-bond donors (Lipinski definition) is 0. The fourth-order valence-electron chi connectivity index (χ4n) is 4.26. The molecule has 2 aliphatic heterocycles. The monoisotopic (exact) mass is 371 g/mol. The third kappa shape index (κ3) is 4.21. The molecule has 2 saturated heterocycles. The molecule has 0 spiro atoms. The average molecular weight is 371 g/mol. The van der Waals surface area contributed by atoms with Crippen molar-refractivity contribution in [2.75, 3.05) is 32.7 Å². The molecule has 1 amide bonds. The fourth-order valence-corrected chi connectivity index (χ4v) is 4.26. The third-order valence-electron chi connectivity index (χ3n) is 5.83. The van der Waals surface area contributed by atoms with Crippen molar-refractivity contribution in [1.82, 2.24) is 34.3 Å². The normalized spacial score (nSPS) is 21.1. The van der Waals surface area contributed by atoms with Gasteiger partial charge in [0.15, 0.2) is 5.82 Å². The van der Waals surface area contributed by atoms with Crippen LogP contribution in [-0.2, 0) is 18.4 Å². The number of carbonyl (C=O) groups is 1. The summed E-state index contributed by atoms with van der Waals surface area (Å²) in [6.45, 7) is 5.41. The highest BCUT2D eigenvalue weighted by atomic mass is 16.2. The molecule has 27 heavy (non-hydrogen) atoms. The van der Waals surface area contributed by atoms with Gasteiger partial charge >= 0.3 is 0 Å². The first kappa shape index (κ1) is 18.2. The van der Waals surface area contributed by atoms with Gasteiger partial charge in [0.05, 0.1) is 0 Å². The van der Waals surface area contributed by atoms with E-state index in [1.165, 1.54) is 0 Å². The number of likely N-dealkylation sites (tertiary alicyclic amines) is 2. The summed E-state index contributed by atoms with van der Waals surface area (Å²) >= 11 is 0. The maximum atomic E-state index is 12.3. The van der Waals surface area contributed by atoms with E-state index in [9.17, 15) is 4.79 Å². The summed E-state index contributed by atoms with van der Waals surface area (Å²) < 4.78 is 3.98. The second-order valence-electron chi connectivity index (χ2n) is 7.71. The molecule has 8 heteroatoms. The average Bonchev–Trinajstić information content (AvgIpc) is 3.44. The Morgan fingerprint density at radius 3 is 2.81 bits per heavy atom. The van der Waals surface area contributed by atoms with Crippen LogP contribution in [0.4, 0.5) is 0 Å². The van der Waals surface area contributed by atoms with Crippen molar-refractivity contribution in [3.63, 3.8) is 0 Å². The molecule has 0 unspecified atom stereocenters. The molecule has 2 fully saturated rings. The van der Waals surface area contributed by atoms with Crippen LogP contribution in [0.1, 0.15) is 49.7 Å². The summed E-state index contributed by atoms with van der Waals surface area (Å²) in [7, 11) is 2.05. The van der Waals surface area contributed by atoms with Gasteiger partial charge in [0.2, 0.25) is 5.91 Å². The smallest absolute Gasteiger partial charge is 0.223 e. The molecular weight excluding hydrogens is 342 g/mol. The second kappa shape index (κ2) is 8.21. The molecule has 4 rings (SSSR count). The first-order valence-electron chi connectivity index (χ1n) is 10.1. The van der Waals surface area contributed by atoms with E-state index >= 15 is 0 Å². The van der Waals surface area contributed by atoms with Crippen LogP contribution in [-0.4, -0.2) is 73.0 Å². The zero-order valence-electron chi connectivity index (χ0n) is 16.1. The van der Waals surface area contributed by atoms with Gasteiger partial charge in [-0.05, 0) is 38.3 Å². The number of piperidine rings is 1. The molecule has 4 heterocycles. The van der Waals surface area contributed by atoms with Crippen LogP contribution >= 0.6 is 0 Å². The predicted octanol–water partition coefficient (Wildman–Crippen LogP) is 1.25. The van der Waals surface area contributed by atoms with E-state index in [1.54, 1.807) is 6.20 Å². The maximum absolute atomic E-state index is 12.3. The van der Waals surface area contributed by atoms with E-state index in [1.807, 2.05) is 28.9 Å². The molecular formula is C19H29N7O. The summed E-state index contributed by atoms with van der Waals surface area (Å²) in [5.41, 5.74) is 0. The zero-order valence-corrected chi connectivity index (χ0v) is 16.1. The minimum atomic E-state index is 0.315. The molecule has 0 radical (unpaired) electrons. The van der Waals surface area contributed by atoms with Crippen molar-refractivity contribution in [1.29, 1.82) is 0 Å². The van der Waals surface area contributed by atoms with Gasteiger partial charge in [-0.25, -0.2) is 0 Å². The van der Waals surface area contributed by atoms with E-state index in [2.05, 4.69) is 24.8 Å². The molecule has 0 N–H and O–H groups in total. The van der Waals surface area contributed by atoms with E-state index in [0.29, 0.717) is 24.8 Å². The highest BCUT2D eigenvalue weighted by molar-refractivity contribution is 5.76. The number of hydrogen-bond acceptors (Lipinski definition) is 5. The van der Waals surface area contributed by atoms with Crippen LogP contribution in [0.25, 0.3) is 0 Å². The number of rotatable bonds is 6. The Morgan fingerprint density at radius 1 is 1.19 bits per heavy atom. The van der Waals surface area contributed by atoms with Crippen LogP contribution in [0.5, 0.6) is 0 Å². The van der Waals surface area contributed by atoms with E-state index in [4.69, 9.17) is 0 Å². The molecule has 2 aliphatic rings. The molecule has 1 atom stereocenters. The summed E-state index contributed by atoms with van der Waals surface area (Å²) in [5, 5.41) is 13.1. The number of carbonyl (C=O) groups excluding carboxylic acids is 1. The van der Waals surface area contributed by atoms with Gasteiger partial charge in [0, 0.05) is 58.0 Å². The fraction of sp³-hybridized carbons (Fsp3) is 0.684. The Morgan fingerprint density at radius 2 is 2.04 bits per heavy atom. The Labute approximate surface area is 160 Å². The van der Waals surface area contributed by atoms with Crippen LogP contribution in [0.2, 0.25) is 0 Å². The van der Waals surface area contributed by atoms with Crippen molar-refractivity contribution in [2.24, 2.45) is 7.05 Å². The SMILES string of the molecule is Cn1c(Cn2cccn2)nnc1[C@H]1CCCN(CCC(=O)N2CCCC2)C1. The Hall–Kier alpha value is -2.22. The van der Waals surface area contributed by atoms with Crippen molar-refractivity contribution in [3.05, 3.63) is 30.1 Å². The van der Waals surface area contributed by atoms with Gasteiger partial charge < -0.3 is 14.4 Å². The van der Waals surface area contributed by atoms with E-state index < -0.39 is 0 Å². The molecule has 146 valence electrons. The van der Waals surface area contributed by atoms with E-state index in [0.717, 1.165) is 70.1 Å². The Kier molecular flexibility index (Phi) is 5.52. The summed E-state index contributed by atoms with van der Waals surface area (Å²) in [6, 6.07) is 1.92. The lowest BCUT2D eigenvalue weighted by molar-refractivity contribution is -0.130. The van der Waals surface area contributed by atoms with Gasteiger partial charge in [0.25, 0.3) is 0 Å². The lowest BCUT2D eigenvalue weighted by atomic mass is 9.97. The van der Waals surface area contributed by atoms with Crippen LogP contribution in [0.15, 0.2) is 18.5 Å². The molecule has 0 bridgehead atoms. The van der Waals surface area contributed by atoms with Crippen molar-refractivity contribution >= 4 is 5.91 Å². The van der Waals surface area contributed by atoms with Crippen molar-refractivity contribution in [2.45, 2.75) is 44.6 Å². The first-order valence-corrected chi connectivity index (χ1v) is 10.1. The van der Waals surface area contributed by atoms with Crippen LogP contribution < -0.4 is 0 Å². The molecule has 0 aliphatic carbocycles. The second-order valence-corrected chi connectivity index (χ2v) is 7.71. The minimum Gasteiger partial charge on any atom is -0.343 e. The van der Waals surface area contributed by atoms with Gasteiger partial charge in [-0.2, -0.15) is 5.10 Å². The third-order valence-corrected chi connectivity index (χ3v) is 5.83. The van der Waals surface area contributed by atoms with Crippen LogP contribution in [0.3, 0.4) is 0 Å². The highest BCUT2D eigenvalue weighted by Crippen LogP contribution is 2.26. The summed E-state index contributed by atoms with van der Waals surface area (Å²) in [4.78, 5) is 16.8. The molecule has 2 aromatic heterocycles. The lowest BCUT2D eigenvalue weighted by Crippen LogP contribution is -2.38. The molecule has 0 aromatic carbocycles. The quantitative estimate of drug-likeness (QED) is 0.764. The van der Waals surface area contributed by atoms with Crippen molar-refractivity contribution < 1.29 is 4.79 Å². The highest BCUT2D eigenvalue weighted by Gasteiger charge is 2.27. The summed E-state index contributed by atoms with van der Waals surface area (Å²) in [6.07, 6.45) is 8.94. The maximum Gasteiger partial charge on any atom is 0.223 e. The van der Waals surface area contributed by atoms with Gasteiger partial charge in [-0.1, -0.05) is 0 Å². The standard InChI is InChI=1S/C19H29N7O/c1-23-17(15-26-12-5-8-20-26)21-22-19(23)16-6-4-9-24(14-16)13-7-18(27)25-10-2-3-11-25/h5,8,12,16H,2-4,6-7,9-11,13-15H2,1H3/t16-/m0/s1. The number of nitrogens with zero attached hydrogens (tertiary/aromatic N) is 7. The number of amides is 1. The van der Waals surface area contributed by atoms with E-state index in [-0.39, 0.29) is 0 Å². The summed E-state index contributed by atoms with van der Waals surface area (Å²) in [5.74, 6) is 2.67. The largest absolute Gasteiger partial charge is 0.343 e.